The van der Waals surface area contributed by atoms with Crippen molar-refractivity contribution in [2.75, 3.05) is 0 Å². The monoisotopic (exact) mass is 268 g/mol. The van der Waals surface area contributed by atoms with Gasteiger partial charge in [0.1, 0.15) is 11.0 Å². The first-order chi connectivity index (χ1) is 9.38. The van der Waals surface area contributed by atoms with Gasteiger partial charge in [0.15, 0.2) is 11.2 Å². The highest BCUT2D eigenvalue weighted by Crippen LogP contribution is 2.31. The Bertz CT molecular complexity index is 728. The predicted molar refractivity (Wildman–Crippen MR) is 72.1 cm³/mol. The molecule has 5 heteroatoms. The van der Waals surface area contributed by atoms with Crippen LogP contribution in [0, 0.1) is 0 Å². The largest absolute Gasteiger partial charge is 0.431 e. The van der Waals surface area contributed by atoms with E-state index in [1.807, 2.05) is 48.5 Å². The van der Waals surface area contributed by atoms with Gasteiger partial charge >= 0.3 is 0 Å². The van der Waals surface area contributed by atoms with Gasteiger partial charge in [-0.25, -0.2) is 9.97 Å². The van der Waals surface area contributed by atoms with Crippen LogP contribution in [0.5, 0.6) is 0 Å². The summed E-state index contributed by atoms with van der Waals surface area (Å²) in [6.45, 7) is 0. The van der Waals surface area contributed by atoms with Gasteiger partial charge in [-0.3, -0.25) is 0 Å². The Hall–Kier alpha value is -2.27. The number of hydrogen-bond acceptors (Lipinski definition) is 5. The average Bonchev–Trinajstić information content (AvgIpc) is 3.00. The first kappa shape index (κ1) is 10.6. The second-order valence-corrected chi connectivity index (χ2v) is 4.90. The quantitative estimate of drug-likeness (QED) is 0.547. The van der Waals surface area contributed by atoms with Gasteiger partial charge in [0.05, 0.1) is 0 Å². The van der Waals surface area contributed by atoms with Gasteiger partial charge in [0, 0.05) is 11.8 Å². The van der Waals surface area contributed by atoms with E-state index >= 15 is 0 Å². The maximum absolute atomic E-state index is 5.62. The topological polar surface area (TPSA) is 52.1 Å². The predicted octanol–water partition coefficient (Wildman–Crippen LogP) is 4.12. The fraction of sp³-hybridized carbons (Fsp3) is 0. The van der Waals surface area contributed by atoms with Crippen molar-refractivity contribution in [1.29, 1.82) is 0 Å². The van der Waals surface area contributed by atoms with Crippen LogP contribution in [0.4, 0.5) is 0 Å². The molecule has 0 N–H and O–H groups in total. The van der Waals surface area contributed by atoms with Crippen LogP contribution in [0.2, 0.25) is 0 Å². The van der Waals surface area contributed by atoms with E-state index in [1.165, 1.54) is 11.8 Å². The summed E-state index contributed by atoms with van der Waals surface area (Å²) in [4.78, 5) is 8.75. The van der Waals surface area contributed by atoms with E-state index in [9.17, 15) is 0 Å². The molecule has 0 spiro atoms. The lowest BCUT2D eigenvalue weighted by Crippen LogP contribution is -1.71. The van der Waals surface area contributed by atoms with Crippen molar-refractivity contribution in [2.24, 2.45) is 0 Å². The molecule has 0 aliphatic carbocycles. The molecule has 4 aromatic rings. The molecule has 0 aliphatic heterocycles. The molecular formula is C14H8N2O2S. The van der Waals surface area contributed by atoms with Crippen LogP contribution in [0.25, 0.3) is 22.2 Å². The Morgan fingerprint density at radius 3 is 1.63 bits per heavy atom. The van der Waals surface area contributed by atoms with Crippen LogP contribution < -0.4 is 0 Å². The maximum Gasteiger partial charge on any atom is 0.266 e. The summed E-state index contributed by atoms with van der Waals surface area (Å²) < 4.78 is 11.2. The van der Waals surface area contributed by atoms with Crippen molar-refractivity contribution in [3.8, 4) is 0 Å². The molecule has 92 valence electrons. The van der Waals surface area contributed by atoms with E-state index in [0.29, 0.717) is 10.4 Å². The number of hydrogen-bond donors (Lipinski definition) is 0. The lowest BCUT2D eigenvalue weighted by atomic mass is 10.3. The van der Waals surface area contributed by atoms with Crippen molar-refractivity contribution < 1.29 is 8.83 Å². The Balaban J connectivity index is 1.73. The number of rotatable bonds is 2. The molecule has 0 amide bonds. The molecule has 0 aliphatic rings. The zero-order valence-electron chi connectivity index (χ0n) is 9.74. The maximum atomic E-state index is 5.62. The van der Waals surface area contributed by atoms with E-state index in [2.05, 4.69) is 9.97 Å². The molecule has 0 saturated carbocycles. The lowest BCUT2D eigenvalue weighted by Gasteiger charge is -1.86. The average molecular weight is 268 g/mol. The summed E-state index contributed by atoms with van der Waals surface area (Å²) in [5.41, 5.74) is 3.20. The molecule has 0 bridgehead atoms. The fourth-order valence-corrected chi connectivity index (χ4v) is 2.56. The Morgan fingerprint density at radius 1 is 0.684 bits per heavy atom. The minimum absolute atomic E-state index is 0.535. The van der Waals surface area contributed by atoms with Crippen molar-refractivity contribution in [1.82, 2.24) is 9.97 Å². The molecule has 19 heavy (non-hydrogen) atoms. The molecule has 0 saturated heterocycles. The minimum Gasteiger partial charge on any atom is -0.431 e. The van der Waals surface area contributed by atoms with Gasteiger partial charge in [0.2, 0.25) is 0 Å². The highest BCUT2D eigenvalue weighted by atomic mass is 32.2. The Labute approximate surface area is 112 Å². The SMILES string of the molecule is c1ccc2oc(Sc3nc4ccccc4o3)nc2c1. The third-order valence-electron chi connectivity index (χ3n) is 2.72. The van der Waals surface area contributed by atoms with Crippen LogP contribution in [0.3, 0.4) is 0 Å². The van der Waals surface area contributed by atoms with Crippen LogP contribution >= 0.6 is 11.8 Å². The van der Waals surface area contributed by atoms with Gasteiger partial charge in [-0.2, -0.15) is 0 Å². The summed E-state index contributed by atoms with van der Waals surface area (Å²) in [5.74, 6) is 0. The molecule has 0 fully saturated rings. The van der Waals surface area contributed by atoms with E-state index < -0.39 is 0 Å². The number of para-hydroxylation sites is 4. The van der Waals surface area contributed by atoms with Crippen molar-refractivity contribution in [2.45, 2.75) is 10.4 Å². The van der Waals surface area contributed by atoms with Crippen LogP contribution in [-0.2, 0) is 0 Å². The fourth-order valence-electron chi connectivity index (χ4n) is 1.86. The van der Waals surface area contributed by atoms with Gasteiger partial charge in [-0.05, 0) is 24.3 Å². The number of fused-ring (bicyclic) bond motifs is 2. The first-order valence-electron chi connectivity index (χ1n) is 5.77. The summed E-state index contributed by atoms with van der Waals surface area (Å²) in [6.07, 6.45) is 0. The van der Waals surface area contributed by atoms with Crippen LogP contribution in [0.15, 0.2) is 67.8 Å². The molecule has 4 nitrogen and oxygen atoms in total. The molecule has 2 heterocycles. The van der Waals surface area contributed by atoms with Gasteiger partial charge in [-0.1, -0.05) is 24.3 Å². The molecule has 0 unspecified atom stereocenters. The zero-order chi connectivity index (χ0) is 12.7. The second kappa shape index (κ2) is 4.13. The number of aromatic nitrogens is 2. The summed E-state index contributed by atoms with van der Waals surface area (Å²) in [5, 5.41) is 1.07. The summed E-state index contributed by atoms with van der Waals surface area (Å²) in [6, 6.07) is 15.3. The summed E-state index contributed by atoms with van der Waals surface area (Å²) in [7, 11) is 0. The molecular weight excluding hydrogens is 260 g/mol. The van der Waals surface area contributed by atoms with E-state index in [0.717, 1.165) is 22.2 Å². The van der Waals surface area contributed by atoms with Crippen LogP contribution in [0.1, 0.15) is 0 Å². The molecule has 4 rings (SSSR count). The van der Waals surface area contributed by atoms with E-state index in [4.69, 9.17) is 8.83 Å². The first-order valence-corrected chi connectivity index (χ1v) is 6.59. The van der Waals surface area contributed by atoms with Gasteiger partial charge in [-0.15, -0.1) is 0 Å². The smallest absolute Gasteiger partial charge is 0.266 e. The Kier molecular flexibility index (Phi) is 2.31. The summed E-state index contributed by atoms with van der Waals surface area (Å²) >= 11 is 1.28. The number of oxazole rings is 2. The zero-order valence-corrected chi connectivity index (χ0v) is 10.6. The van der Waals surface area contributed by atoms with Crippen molar-refractivity contribution in [3.63, 3.8) is 0 Å². The molecule has 2 aromatic heterocycles. The molecule has 2 aromatic carbocycles. The van der Waals surface area contributed by atoms with E-state index in [-0.39, 0.29) is 0 Å². The highest BCUT2D eigenvalue weighted by molar-refractivity contribution is 7.98. The normalized spacial score (nSPS) is 11.4. The van der Waals surface area contributed by atoms with Crippen molar-refractivity contribution >= 4 is 34.0 Å². The second-order valence-electron chi connectivity index (χ2n) is 4.00. The van der Waals surface area contributed by atoms with Crippen LogP contribution in [-0.4, -0.2) is 9.97 Å². The third kappa shape index (κ3) is 1.88. The minimum atomic E-state index is 0.535. The van der Waals surface area contributed by atoms with E-state index in [1.54, 1.807) is 0 Å². The highest BCUT2D eigenvalue weighted by Gasteiger charge is 2.12. The Morgan fingerprint density at radius 2 is 1.16 bits per heavy atom. The third-order valence-corrected chi connectivity index (χ3v) is 3.42. The van der Waals surface area contributed by atoms with Crippen molar-refractivity contribution in [3.05, 3.63) is 48.5 Å². The number of nitrogens with zero attached hydrogens (tertiary/aromatic N) is 2. The lowest BCUT2D eigenvalue weighted by molar-refractivity contribution is 0.465. The molecule has 0 atom stereocenters. The van der Waals surface area contributed by atoms with Gasteiger partial charge < -0.3 is 8.83 Å². The molecule has 0 radical (unpaired) electrons. The van der Waals surface area contributed by atoms with Gasteiger partial charge in [0.25, 0.3) is 10.4 Å². The number of benzene rings is 2. The standard InChI is InChI=1S/C14H8N2O2S/c1-3-7-11-9(5-1)15-13(17-11)19-14-16-10-6-2-4-8-12(10)18-14/h1-8H.